The van der Waals surface area contributed by atoms with Crippen molar-refractivity contribution in [3.05, 3.63) is 0 Å². The fraction of sp³-hybridized carbons (Fsp3) is 0.778. The molecule has 4 atom stereocenters. The highest BCUT2D eigenvalue weighted by Crippen LogP contribution is 2.33. The first-order valence-electron chi connectivity index (χ1n) is 7.90. The van der Waals surface area contributed by atoms with E-state index in [1.165, 1.54) is 0 Å². The predicted octanol–water partition coefficient (Wildman–Crippen LogP) is 4.56. The molecule has 4 heteroatoms. The van der Waals surface area contributed by atoms with Crippen LogP contribution >= 0.6 is 0 Å². The van der Waals surface area contributed by atoms with Crippen LogP contribution in [0.3, 0.4) is 0 Å². The first kappa shape index (κ1) is 20.0. The molecular weight excluding hydrogens is 272 g/mol. The summed E-state index contributed by atoms with van der Waals surface area (Å²) in [7, 11) is 0. The minimum Gasteiger partial charge on any atom is -0.198 e. The van der Waals surface area contributed by atoms with Crippen molar-refractivity contribution in [1.82, 2.24) is 0 Å². The zero-order valence-electron chi connectivity index (χ0n) is 14.1. The molecular formula is C18H26N4. The van der Waals surface area contributed by atoms with Gasteiger partial charge in [-0.05, 0) is 31.1 Å². The van der Waals surface area contributed by atoms with E-state index < -0.39 is 0 Å². The van der Waals surface area contributed by atoms with Crippen LogP contribution in [0.4, 0.5) is 0 Å². The van der Waals surface area contributed by atoms with Crippen molar-refractivity contribution in [1.29, 1.82) is 21.0 Å². The van der Waals surface area contributed by atoms with Crippen molar-refractivity contribution in [3.8, 4) is 24.3 Å². The maximum absolute atomic E-state index is 9.34. The van der Waals surface area contributed by atoms with Crippen molar-refractivity contribution in [2.75, 3.05) is 0 Å². The van der Waals surface area contributed by atoms with E-state index in [-0.39, 0.29) is 29.1 Å². The lowest BCUT2D eigenvalue weighted by Crippen LogP contribution is -2.22. The summed E-state index contributed by atoms with van der Waals surface area (Å²) in [5, 5.41) is 37.0. The number of hydrogen-bond acceptors (Lipinski definition) is 4. The fourth-order valence-corrected chi connectivity index (χ4v) is 2.56. The fourth-order valence-electron chi connectivity index (χ4n) is 2.56. The van der Waals surface area contributed by atoms with Gasteiger partial charge in [0.2, 0.25) is 0 Å². The van der Waals surface area contributed by atoms with E-state index in [0.29, 0.717) is 19.3 Å². The van der Waals surface area contributed by atoms with Gasteiger partial charge in [0, 0.05) is 17.8 Å². The Kier molecular flexibility index (Phi) is 8.91. The van der Waals surface area contributed by atoms with Crippen molar-refractivity contribution in [2.45, 2.75) is 59.8 Å². The van der Waals surface area contributed by atoms with Gasteiger partial charge in [-0.2, -0.15) is 21.0 Å². The molecule has 4 unspecified atom stereocenters. The lowest BCUT2D eigenvalue weighted by molar-refractivity contribution is 0.253. The molecule has 0 heterocycles. The number of nitrogens with zero attached hydrogens (tertiary/aromatic N) is 4. The van der Waals surface area contributed by atoms with Crippen LogP contribution in [0.25, 0.3) is 0 Å². The Balaban J connectivity index is 4.78. The zero-order chi connectivity index (χ0) is 17.2. The summed E-state index contributed by atoms with van der Waals surface area (Å²) in [5.74, 6) is -0.933. The first-order valence-corrected chi connectivity index (χ1v) is 7.90. The number of hydrogen-bond donors (Lipinski definition) is 0. The van der Waals surface area contributed by atoms with E-state index in [0.717, 1.165) is 12.8 Å². The summed E-state index contributed by atoms with van der Waals surface area (Å²) in [4.78, 5) is 0. The molecule has 0 N–H and O–H groups in total. The van der Waals surface area contributed by atoms with Crippen LogP contribution in [0.15, 0.2) is 0 Å². The van der Waals surface area contributed by atoms with Gasteiger partial charge in [-0.15, -0.1) is 0 Å². The highest BCUT2D eigenvalue weighted by Gasteiger charge is 2.29. The molecule has 0 saturated carbocycles. The van der Waals surface area contributed by atoms with Gasteiger partial charge in [0.25, 0.3) is 0 Å². The Morgan fingerprint density at radius 3 is 1.55 bits per heavy atom. The van der Waals surface area contributed by atoms with Crippen LogP contribution in [0.1, 0.15) is 59.8 Å². The molecule has 0 spiro atoms. The SMILES string of the molecule is CCCC(C#N)CC(C#N)CC(C#N)CC(C#N)C(C)(C)C. The monoisotopic (exact) mass is 298 g/mol. The van der Waals surface area contributed by atoms with Gasteiger partial charge in [-0.25, -0.2) is 0 Å². The summed E-state index contributed by atoms with van der Waals surface area (Å²) in [6, 6.07) is 9.01. The third-order valence-corrected chi connectivity index (χ3v) is 4.04. The average molecular weight is 298 g/mol. The van der Waals surface area contributed by atoms with Crippen molar-refractivity contribution < 1.29 is 0 Å². The maximum Gasteiger partial charge on any atom is 0.0661 e. The predicted molar refractivity (Wildman–Crippen MR) is 84.6 cm³/mol. The molecule has 0 aliphatic rings. The molecule has 0 fully saturated rings. The summed E-state index contributed by atoms with van der Waals surface area (Å²) >= 11 is 0. The van der Waals surface area contributed by atoms with Crippen molar-refractivity contribution >= 4 is 0 Å². The number of nitriles is 4. The second kappa shape index (κ2) is 9.82. The molecule has 0 saturated heterocycles. The van der Waals surface area contributed by atoms with E-state index in [1.54, 1.807) is 0 Å². The first-order chi connectivity index (χ1) is 10.3. The van der Waals surface area contributed by atoms with Gasteiger partial charge in [0.15, 0.2) is 0 Å². The largest absolute Gasteiger partial charge is 0.198 e. The second-order valence-electron chi connectivity index (χ2n) is 7.02. The Hall–Kier alpha value is -2.04. The molecule has 0 amide bonds. The molecule has 0 rings (SSSR count). The summed E-state index contributed by atoms with van der Waals surface area (Å²) < 4.78 is 0. The highest BCUT2D eigenvalue weighted by molar-refractivity contribution is 5.00. The van der Waals surface area contributed by atoms with E-state index in [9.17, 15) is 15.8 Å². The molecule has 0 bridgehead atoms. The van der Waals surface area contributed by atoms with Gasteiger partial charge < -0.3 is 0 Å². The summed E-state index contributed by atoms with van der Waals surface area (Å²) in [5.41, 5.74) is -0.177. The molecule has 118 valence electrons. The van der Waals surface area contributed by atoms with Gasteiger partial charge in [0.1, 0.15) is 0 Å². The maximum atomic E-state index is 9.34. The summed E-state index contributed by atoms with van der Waals surface area (Å²) in [6.45, 7) is 7.99. The molecule has 0 aromatic carbocycles. The Labute approximate surface area is 135 Å². The Bertz CT molecular complexity index is 490. The number of rotatable bonds is 8. The van der Waals surface area contributed by atoms with E-state index >= 15 is 0 Å². The van der Waals surface area contributed by atoms with Crippen LogP contribution < -0.4 is 0 Å². The summed E-state index contributed by atoms with van der Waals surface area (Å²) in [6.07, 6.45) is 3.15. The highest BCUT2D eigenvalue weighted by atomic mass is 14.4. The third-order valence-electron chi connectivity index (χ3n) is 4.04. The van der Waals surface area contributed by atoms with Crippen LogP contribution in [-0.2, 0) is 0 Å². The van der Waals surface area contributed by atoms with Crippen molar-refractivity contribution in [3.63, 3.8) is 0 Å². The second-order valence-corrected chi connectivity index (χ2v) is 7.02. The lowest BCUT2D eigenvalue weighted by Gasteiger charge is -2.27. The van der Waals surface area contributed by atoms with Crippen LogP contribution in [0, 0.1) is 74.4 Å². The van der Waals surface area contributed by atoms with Crippen LogP contribution in [0.5, 0.6) is 0 Å². The molecule has 0 aromatic rings. The molecule has 0 aromatic heterocycles. The van der Waals surface area contributed by atoms with Gasteiger partial charge in [-0.1, -0.05) is 34.1 Å². The standard InChI is InChI=1S/C18H26N4/c1-5-6-14(10-19)7-15(11-20)8-16(12-21)9-17(13-22)18(2,3)4/h14-17H,5-9H2,1-4H3. The Morgan fingerprint density at radius 2 is 1.18 bits per heavy atom. The minimum atomic E-state index is -0.311. The topological polar surface area (TPSA) is 95.2 Å². The molecule has 0 aliphatic carbocycles. The molecule has 22 heavy (non-hydrogen) atoms. The normalized spacial score (nSPS) is 16.2. The van der Waals surface area contributed by atoms with E-state index in [4.69, 9.17) is 5.26 Å². The van der Waals surface area contributed by atoms with Gasteiger partial charge in [0.05, 0.1) is 30.2 Å². The zero-order valence-corrected chi connectivity index (χ0v) is 14.1. The van der Waals surface area contributed by atoms with E-state index in [1.807, 2.05) is 27.7 Å². The molecule has 4 nitrogen and oxygen atoms in total. The smallest absolute Gasteiger partial charge is 0.0661 e. The van der Waals surface area contributed by atoms with Crippen LogP contribution in [0.2, 0.25) is 0 Å². The molecule has 0 aliphatic heterocycles. The van der Waals surface area contributed by atoms with Gasteiger partial charge in [-0.3, -0.25) is 0 Å². The average Bonchev–Trinajstić information content (AvgIpc) is 2.47. The van der Waals surface area contributed by atoms with Crippen LogP contribution in [-0.4, -0.2) is 0 Å². The van der Waals surface area contributed by atoms with E-state index in [2.05, 4.69) is 24.3 Å². The minimum absolute atomic E-state index is 0.122. The van der Waals surface area contributed by atoms with Gasteiger partial charge >= 0.3 is 0 Å². The third kappa shape index (κ3) is 7.11. The lowest BCUT2D eigenvalue weighted by atomic mass is 9.75. The quantitative estimate of drug-likeness (QED) is 0.656. The Morgan fingerprint density at radius 1 is 0.727 bits per heavy atom. The molecule has 0 radical (unpaired) electrons. The van der Waals surface area contributed by atoms with Crippen molar-refractivity contribution in [2.24, 2.45) is 29.1 Å².